The Labute approximate surface area is 142 Å². The number of carbonyl (C=O) groups is 1. The van der Waals surface area contributed by atoms with E-state index in [2.05, 4.69) is 25.5 Å². The van der Waals surface area contributed by atoms with Gasteiger partial charge < -0.3 is 10.4 Å². The van der Waals surface area contributed by atoms with Gasteiger partial charge >= 0.3 is 5.97 Å². The average molecular weight is 337 g/mol. The van der Waals surface area contributed by atoms with E-state index in [-0.39, 0.29) is 11.7 Å². The van der Waals surface area contributed by atoms with Crippen molar-refractivity contribution in [2.45, 2.75) is 13.0 Å². The molecule has 0 spiro atoms. The molecular formula is C17H15N5O3. The Bertz CT molecular complexity index is 956. The fourth-order valence-electron chi connectivity index (χ4n) is 2.29. The van der Waals surface area contributed by atoms with Crippen LogP contribution in [0.3, 0.4) is 0 Å². The lowest BCUT2D eigenvalue weighted by Crippen LogP contribution is -2.19. The van der Waals surface area contributed by atoms with Gasteiger partial charge in [0.1, 0.15) is 11.3 Å². The van der Waals surface area contributed by atoms with Crippen molar-refractivity contribution in [3.05, 3.63) is 70.1 Å². The van der Waals surface area contributed by atoms with Gasteiger partial charge in [-0.05, 0) is 24.6 Å². The van der Waals surface area contributed by atoms with Crippen molar-refractivity contribution in [2.24, 2.45) is 0 Å². The molecule has 0 aliphatic heterocycles. The van der Waals surface area contributed by atoms with Crippen molar-refractivity contribution >= 4 is 11.9 Å². The summed E-state index contributed by atoms with van der Waals surface area (Å²) in [5, 5.41) is 18.2. The summed E-state index contributed by atoms with van der Waals surface area (Å²) in [5.74, 6) is -0.950. The second kappa shape index (κ2) is 6.91. The van der Waals surface area contributed by atoms with Gasteiger partial charge in [0.25, 0.3) is 5.56 Å². The first-order valence-corrected chi connectivity index (χ1v) is 7.52. The van der Waals surface area contributed by atoms with E-state index < -0.39 is 17.1 Å². The van der Waals surface area contributed by atoms with Gasteiger partial charge in [-0.1, -0.05) is 30.3 Å². The second-order valence-corrected chi connectivity index (χ2v) is 5.34. The number of carboxylic acid groups (broad SMARTS) is 1. The van der Waals surface area contributed by atoms with Gasteiger partial charge in [0.2, 0.25) is 5.95 Å². The molecule has 0 amide bonds. The van der Waals surface area contributed by atoms with Crippen LogP contribution < -0.4 is 10.9 Å². The number of benzene rings is 1. The molecule has 8 heteroatoms. The molecule has 0 saturated heterocycles. The highest BCUT2D eigenvalue weighted by atomic mass is 16.4. The summed E-state index contributed by atoms with van der Waals surface area (Å²) in [6.45, 7) is 1.98. The Morgan fingerprint density at radius 2 is 1.96 bits per heavy atom. The highest BCUT2D eigenvalue weighted by Crippen LogP contribution is 2.19. The third-order valence-corrected chi connectivity index (χ3v) is 3.60. The van der Waals surface area contributed by atoms with E-state index in [9.17, 15) is 9.59 Å². The second-order valence-electron chi connectivity index (χ2n) is 5.34. The summed E-state index contributed by atoms with van der Waals surface area (Å²) in [6.07, 6.45) is 1.54. The number of nitrogens with zero attached hydrogens (tertiary/aromatic N) is 3. The van der Waals surface area contributed by atoms with Gasteiger partial charge in [-0.2, -0.15) is 5.10 Å². The maximum Gasteiger partial charge on any atom is 0.341 e. The van der Waals surface area contributed by atoms with E-state index in [1.807, 2.05) is 37.3 Å². The number of carboxylic acids is 1. The number of hydrogen-bond acceptors (Lipinski definition) is 6. The van der Waals surface area contributed by atoms with Crippen LogP contribution >= 0.6 is 0 Å². The van der Waals surface area contributed by atoms with Crippen LogP contribution in [0.4, 0.5) is 5.95 Å². The standard InChI is InChI=1S/C17H15N5O3/c1-10(11-5-3-2-4-6-11)19-17-18-8-7-13(20-17)14-9-12(16(24)25)15(23)22-21-14/h2-10H,1H3,(H,22,23)(H,24,25)(H,18,19,20)/t10-/m1/s1. The van der Waals surface area contributed by atoms with E-state index in [0.29, 0.717) is 11.6 Å². The van der Waals surface area contributed by atoms with Crippen LogP contribution in [0.15, 0.2) is 53.5 Å². The predicted molar refractivity (Wildman–Crippen MR) is 91.3 cm³/mol. The third-order valence-electron chi connectivity index (χ3n) is 3.60. The minimum Gasteiger partial charge on any atom is -0.477 e. The van der Waals surface area contributed by atoms with Crippen LogP contribution in [0.2, 0.25) is 0 Å². The summed E-state index contributed by atoms with van der Waals surface area (Å²) in [7, 11) is 0. The van der Waals surface area contributed by atoms with Crippen LogP contribution in [0.5, 0.6) is 0 Å². The lowest BCUT2D eigenvalue weighted by molar-refractivity contribution is 0.0694. The molecule has 25 heavy (non-hydrogen) atoms. The zero-order valence-corrected chi connectivity index (χ0v) is 13.3. The first-order valence-electron chi connectivity index (χ1n) is 7.52. The fraction of sp³-hybridized carbons (Fsp3) is 0.118. The zero-order valence-electron chi connectivity index (χ0n) is 13.3. The van der Waals surface area contributed by atoms with E-state index in [1.54, 1.807) is 6.07 Å². The van der Waals surface area contributed by atoms with Crippen LogP contribution in [0, 0.1) is 0 Å². The minimum absolute atomic E-state index is 0.0189. The quantitative estimate of drug-likeness (QED) is 0.652. The number of aromatic nitrogens is 4. The Morgan fingerprint density at radius 1 is 1.20 bits per heavy atom. The maximum absolute atomic E-state index is 11.5. The largest absolute Gasteiger partial charge is 0.477 e. The molecule has 3 rings (SSSR count). The lowest BCUT2D eigenvalue weighted by Gasteiger charge is -2.14. The number of rotatable bonds is 5. The number of nitrogens with one attached hydrogen (secondary N) is 2. The molecule has 0 radical (unpaired) electrons. The first kappa shape index (κ1) is 16.3. The van der Waals surface area contributed by atoms with Crippen molar-refractivity contribution in [3.8, 4) is 11.4 Å². The van der Waals surface area contributed by atoms with Crippen LogP contribution in [-0.2, 0) is 0 Å². The van der Waals surface area contributed by atoms with E-state index >= 15 is 0 Å². The molecule has 0 aliphatic rings. The maximum atomic E-state index is 11.5. The van der Waals surface area contributed by atoms with Gasteiger partial charge in [-0.15, -0.1) is 0 Å². The third kappa shape index (κ3) is 3.69. The van der Waals surface area contributed by atoms with Gasteiger partial charge in [0.15, 0.2) is 0 Å². The van der Waals surface area contributed by atoms with Crippen molar-refractivity contribution in [1.29, 1.82) is 0 Å². The van der Waals surface area contributed by atoms with Crippen molar-refractivity contribution < 1.29 is 9.90 Å². The Morgan fingerprint density at radius 3 is 2.68 bits per heavy atom. The number of hydrogen-bond donors (Lipinski definition) is 3. The number of H-pyrrole nitrogens is 1. The Balaban J connectivity index is 1.88. The molecule has 1 atom stereocenters. The van der Waals surface area contributed by atoms with Crippen molar-refractivity contribution in [3.63, 3.8) is 0 Å². The summed E-state index contributed by atoms with van der Waals surface area (Å²) in [6, 6.07) is 12.6. The number of anilines is 1. The molecule has 1 aromatic carbocycles. The van der Waals surface area contributed by atoms with Gasteiger partial charge in [-0.25, -0.2) is 19.9 Å². The van der Waals surface area contributed by atoms with Gasteiger partial charge in [0, 0.05) is 6.20 Å². The smallest absolute Gasteiger partial charge is 0.341 e. The monoisotopic (exact) mass is 337 g/mol. The normalized spacial score (nSPS) is 11.7. The Hall–Kier alpha value is -3.55. The highest BCUT2D eigenvalue weighted by molar-refractivity contribution is 5.88. The van der Waals surface area contributed by atoms with Gasteiger partial charge in [0.05, 0.1) is 11.7 Å². The zero-order chi connectivity index (χ0) is 17.8. The molecule has 3 aromatic rings. The van der Waals surface area contributed by atoms with Crippen LogP contribution in [0.1, 0.15) is 28.9 Å². The Kier molecular flexibility index (Phi) is 4.51. The molecule has 8 nitrogen and oxygen atoms in total. The first-order chi connectivity index (χ1) is 12.0. The van der Waals surface area contributed by atoms with E-state index in [4.69, 9.17) is 5.11 Å². The minimum atomic E-state index is -1.32. The summed E-state index contributed by atoms with van der Waals surface area (Å²) >= 11 is 0. The van der Waals surface area contributed by atoms with E-state index in [0.717, 1.165) is 5.56 Å². The molecule has 0 aliphatic carbocycles. The highest BCUT2D eigenvalue weighted by Gasteiger charge is 2.13. The summed E-state index contributed by atoms with van der Waals surface area (Å²) < 4.78 is 0. The molecular weight excluding hydrogens is 322 g/mol. The van der Waals surface area contributed by atoms with Gasteiger partial charge in [-0.3, -0.25) is 4.79 Å². The molecule has 2 heterocycles. The molecule has 0 unspecified atom stereocenters. The molecule has 0 saturated carbocycles. The fourth-order valence-corrected chi connectivity index (χ4v) is 2.29. The summed E-state index contributed by atoms with van der Waals surface area (Å²) in [5.41, 5.74) is 0.565. The lowest BCUT2D eigenvalue weighted by atomic mass is 10.1. The summed E-state index contributed by atoms with van der Waals surface area (Å²) in [4.78, 5) is 31.1. The molecule has 0 bridgehead atoms. The average Bonchev–Trinajstić information content (AvgIpc) is 2.63. The number of aromatic carboxylic acids is 1. The van der Waals surface area contributed by atoms with Crippen molar-refractivity contribution in [1.82, 2.24) is 20.2 Å². The molecule has 0 fully saturated rings. The van der Waals surface area contributed by atoms with Crippen LogP contribution in [-0.4, -0.2) is 31.2 Å². The van der Waals surface area contributed by atoms with Crippen molar-refractivity contribution in [2.75, 3.05) is 5.32 Å². The number of aromatic amines is 1. The predicted octanol–water partition coefficient (Wildman–Crippen LogP) is 2.10. The molecule has 2 aromatic heterocycles. The van der Waals surface area contributed by atoms with E-state index in [1.165, 1.54) is 12.3 Å². The SMILES string of the molecule is C[C@@H](Nc1nccc(-c2cc(C(=O)O)c(=O)[nH]n2)n1)c1ccccc1. The van der Waals surface area contributed by atoms with Crippen LogP contribution in [0.25, 0.3) is 11.4 Å². The molecule has 3 N–H and O–H groups in total. The topological polar surface area (TPSA) is 121 Å². The molecule has 126 valence electrons.